The van der Waals surface area contributed by atoms with E-state index in [9.17, 15) is 14.0 Å². The zero-order chi connectivity index (χ0) is 16.4. The van der Waals surface area contributed by atoms with E-state index >= 15 is 0 Å². The zero-order valence-corrected chi connectivity index (χ0v) is 12.5. The molecule has 2 atom stereocenters. The molecule has 1 heterocycles. The van der Waals surface area contributed by atoms with Gasteiger partial charge in [-0.25, -0.2) is 4.98 Å². The lowest BCUT2D eigenvalue weighted by Crippen LogP contribution is -2.28. The average molecular weight is 314 g/mol. The first-order valence-electron chi connectivity index (χ1n) is 7.20. The fourth-order valence-electron chi connectivity index (χ4n) is 2.90. The van der Waals surface area contributed by atoms with Gasteiger partial charge >= 0.3 is 5.97 Å². The Hall–Kier alpha value is -2.76. The molecule has 1 N–H and O–H groups in total. The van der Waals surface area contributed by atoms with Crippen LogP contribution in [0, 0.1) is 5.95 Å². The van der Waals surface area contributed by atoms with Crippen LogP contribution in [-0.4, -0.2) is 24.0 Å². The molecule has 118 valence electrons. The van der Waals surface area contributed by atoms with Gasteiger partial charge in [0.05, 0.1) is 19.1 Å². The summed E-state index contributed by atoms with van der Waals surface area (Å²) >= 11 is 0. The van der Waals surface area contributed by atoms with Gasteiger partial charge in [-0.05, 0) is 29.7 Å². The summed E-state index contributed by atoms with van der Waals surface area (Å²) in [4.78, 5) is 27.7. The normalized spacial score (nSPS) is 19.0. The smallest absolute Gasteiger partial charge is 0.313 e. The van der Waals surface area contributed by atoms with E-state index in [2.05, 4.69) is 10.3 Å². The van der Waals surface area contributed by atoms with Crippen molar-refractivity contribution in [3.8, 4) is 0 Å². The predicted molar refractivity (Wildman–Crippen MR) is 80.2 cm³/mol. The van der Waals surface area contributed by atoms with Crippen molar-refractivity contribution in [2.45, 2.75) is 18.4 Å². The summed E-state index contributed by atoms with van der Waals surface area (Å²) in [5, 5.41) is 2.81. The quantitative estimate of drug-likeness (QED) is 0.697. The van der Waals surface area contributed by atoms with Gasteiger partial charge in [0.2, 0.25) is 5.95 Å². The Morgan fingerprint density at radius 2 is 1.91 bits per heavy atom. The molecule has 0 spiro atoms. The molecule has 1 aromatic heterocycles. The molecule has 2 aromatic rings. The topological polar surface area (TPSA) is 68.3 Å². The van der Waals surface area contributed by atoms with Gasteiger partial charge < -0.3 is 10.1 Å². The molecule has 1 aromatic carbocycles. The first kappa shape index (κ1) is 15.1. The number of nitrogens with one attached hydrogen (secondary N) is 1. The molecule has 1 aliphatic carbocycles. The van der Waals surface area contributed by atoms with Gasteiger partial charge in [-0.15, -0.1) is 0 Å². The Labute approximate surface area is 132 Å². The average Bonchev–Trinajstić information content (AvgIpc) is 2.93. The van der Waals surface area contributed by atoms with Crippen LogP contribution in [0.15, 0.2) is 42.5 Å². The molecule has 0 saturated heterocycles. The highest BCUT2D eigenvalue weighted by atomic mass is 19.1. The third-order valence-corrected chi connectivity index (χ3v) is 3.96. The number of hydrogen-bond donors (Lipinski definition) is 1. The van der Waals surface area contributed by atoms with Crippen LogP contribution in [0.5, 0.6) is 0 Å². The Morgan fingerprint density at radius 1 is 1.17 bits per heavy atom. The van der Waals surface area contributed by atoms with Gasteiger partial charge in [0.15, 0.2) is 0 Å². The van der Waals surface area contributed by atoms with Crippen LogP contribution >= 0.6 is 0 Å². The van der Waals surface area contributed by atoms with E-state index in [4.69, 9.17) is 4.74 Å². The van der Waals surface area contributed by atoms with Crippen LogP contribution in [-0.2, 0) is 9.53 Å². The third kappa shape index (κ3) is 2.92. The summed E-state index contributed by atoms with van der Waals surface area (Å²) in [6.45, 7) is 0. The number of methoxy groups -OCH3 is 1. The summed E-state index contributed by atoms with van der Waals surface area (Å²) in [6, 6.07) is 11.1. The van der Waals surface area contributed by atoms with Gasteiger partial charge in [0.25, 0.3) is 5.91 Å². The SMILES string of the molecule is COC(=O)[C@H]1C[C@H](NC(=O)c2cccc(F)n2)c2ccccc21. The fraction of sp³-hybridized carbons (Fsp3) is 0.235. The number of benzene rings is 1. The van der Waals surface area contributed by atoms with Gasteiger partial charge in [-0.1, -0.05) is 30.3 Å². The monoisotopic (exact) mass is 314 g/mol. The molecule has 0 saturated carbocycles. The second-order valence-electron chi connectivity index (χ2n) is 5.31. The van der Waals surface area contributed by atoms with E-state index in [-0.39, 0.29) is 17.7 Å². The molecule has 23 heavy (non-hydrogen) atoms. The maximum absolute atomic E-state index is 13.1. The number of aromatic nitrogens is 1. The molecule has 3 rings (SSSR count). The highest BCUT2D eigenvalue weighted by molar-refractivity contribution is 5.92. The fourth-order valence-corrected chi connectivity index (χ4v) is 2.90. The van der Waals surface area contributed by atoms with Crippen LogP contribution in [0.2, 0.25) is 0 Å². The van der Waals surface area contributed by atoms with Crippen LogP contribution in [0.1, 0.15) is 40.0 Å². The van der Waals surface area contributed by atoms with E-state index in [0.717, 1.165) is 11.1 Å². The number of halogens is 1. The molecule has 6 heteroatoms. The predicted octanol–water partition coefficient (Wildman–Crippen LogP) is 2.35. The zero-order valence-electron chi connectivity index (χ0n) is 12.5. The summed E-state index contributed by atoms with van der Waals surface area (Å²) < 4.78 is 18.0. The molecular weight excluding hydrogens is 299 g/mol. The van der Waals surface area contributed by atoms with Crippen LogP contribution in [0.25, 0.3) is 0 Å². The molecule has 0 radical (unpaired) electrons. The third-order valence-electron chi connectivity index (χ3n) is 3.96. The van der Waals surface area contributed by atoms with Crippen molar-refractivity contribution in [3.05, 3.63) is 65.2 Å². The Balaban J connectivity index is 1.84. The largest absolute Gasteiger partial charge is 0.469 e. The van der Waals surface area contributed by atoms with Gasteiger partial charge in [-0.2, -0.15) is 4.39 Å². The first-order chi connectivity index (χ1) is 11.1. The lowest BCUT2D eigenvalue weighted by atomic mass is 10.0. The van der Waals surface area contributed by atoms with Crippen molar-refractivity contribution in [3.63, 3.8) is 0 Å². The van der Waals surface area contributed by atoms with Crippen molar-refractivity contribution >= 4 is 11.9 Å². The molecule has 1 amide bonds. The van der Waals surface area contributed by atoms with Gasteiger partial charge in [0, 0.05) is 0 Å². The summed E-state index contributed by atoms with van der Waals surface area (Å²) in [5.74, 6) is -1.94. The summed E-state index contributed by atoms with van der Waals surface area (Å²) in [7, 11) is 1.34. The molecular formula is C17H15FN2O3. The maximum atomic E-state index is 13.1. The van der Waals surface area contributed by atoms with Crippen LogP contribution < -0.4 is 5.32 Å². The minimum atomic E-state index is -0.711. The molecule has 0 aliphatic heterocycles. The standard InChI is InChI=1S/C17H15FN2O3/c1-23-17(22)12-9-14(11-6-3-2-5-10(11)12)20-16(21)13-7-4-8-15(18)19-13/h2-8,12,14H,9H2,1H3,(H,20,21)/t12-,14-/m0/s1. The number of nitrogens with zero attached hydrogens (tertiary/aromatic N) is 1. The van der Waals surface area contributed by atoms with E-state index in [1.807, 2.05) is 24.3 Å². The van der Waals surface area contributed by atoms with Crippen molar-refractivity contribution in [2.75, 3.05) is 7.11 Å². The van der Waals surface area contributed by atoms with Crippen LogP contribution in [0.4, 0.5) is 4.39 Å². The Kier molecular flexibility index (Phi) is 4.06. The number of ether oxygens (including phenoxy) is 1. The van der Waals surface area contributed by atoms with Crippen molar-refractivity contribution < 1.29 is 18.7 Å². The molecule has 0 bridgehead atoms. The minimum absolute atomic E-state index is 0.00370. The highest BCUT2D eigenvalue weighted by Gasteiger charge is 2.36. The lowest BCUT2D eigenvalue weighted by molar-refractivity contribution is -0.142. The van der Waals surface area contributed by atoms with Crippen LogP contribution in [0.3, 0.4) is 0 Å². The molecule has 0 fully saturated rings. The van der Waals surface area contributed by atoms with E-state index < -0.39 is 17.8 Å². The van der Waals surface area contributed by atoms with E-state index in [1.165, 1.54) is 25.3 Å². The van der Waals surface area contributed by atoms with E-state index in [1.54, 1.807) is 0 Å². The van der Waals surface area contributed by atoms with E-state index in [0.29, 0.717) is 6.42 Å². The number of pyridine rings is 1. The summed E-state index contributed by atoms with van der Waals surface area (Å²) in [5.41, 5.74) is 1.72. The second kappa shape index (κ2) is 6.16. The number of fused-ring (bicyclic) bond motifs is 1. The molecule has 5 nitrogen and oxygen atoms in total. The first-order valence-corrected chi connectivity index (χ1v) is 7.20. The maximum Gasteiger partial charge on any atom is 0.313 e. The molecule has 0 unspecified atom stereocenters. The number of carbonyl (C=O) groups excluding carboxylic acids is 2. The number of esters is 1. The Morgan fingerprint density at radius 3 is 2.61 bits per heavy atom. The van der Waals surface area contributed by atoms with Gasteiger partial charge in [-0.3, -0.25) is 9.59 Å². The highest BCUT2D eigenvalue weighted by Crippen LogP contribution is 2.40. The van der Waals surface area contributed by atoms with Gasteiger partial charge in [0.1, 0.15) is 5.69 Å². The lowest BCUT2D eigenvalue weighted by Gasteiger charge is -2.14. The van der Waals surface area contributed by atoms with Crippen molar-refractivity contribution in [1.82, 2.24) is 10.3 Å². The summed E-state index contributed by atoms with van der Waals surface area (Å²) in [6.07, 6.45) is 0.410. The molecule has 1 aliphatic rings. The van der Waals surface area contributed by atoms with Crippen molar-refractivity contribution in [2.24, 2.45) is 0 Å². The van der Waals surface area contributed by atoms with Crippen molar-refractivity contribution in [1.29, 1.82) is 0 Å². The Bertz CT molecular complexity index is 763. The number of carbonyl (C=O) groups is 2. The number of amides is 1. The number of hydrogen-bond acceptors (Lipinski definition) is 4. The second-order valence-corrected chi connectivity index (χ2v) is 5.31. The minimum Gasteiger partial charge on any atom is -0.469 e. The number of rotatable bonds is 3.